The molecule has 0 radical (unpaired) electrons. The van der Waals surface area contributed by atoms with Gasteiger partial charge in [-0.1, -0.05) is 18.2 Å². The predicted octanol–water partition coefficient (Wildman–Crippen LogP) is 1.09. The molecule has 0 aromatic heterocycles. The average molecular weight is 305 g/mol. The van der Waals surface area contributed by atoms with Gasteiger partial charge in [-0.3, -0.25) is 9.69 Å². The Morgan fingerprint density at radius 2 is 1.82 bits per heavy atom. The summed E-state index contributed by atoms with van der Waals surface area (Å²) >= 11 is 0. The lowest BCUT2D eigenvalue weighted by Gasteiger charge is -2.36. The van der Waals surface area contributed by atoms with E-state index in [0.29, 0.717) is 19.4 Å². The Bertz CT molecular complexity index is 431. The zero-order chi connectivity index (χ0) is 15.6. The van der Waals surface area contributed by atoms with Gasteiger partial charge in [-0.15, -0.1) is 0 Å². The predicted molar refractivity (Wildman–Crippen MR) is 89.0 cm³/mol. The summed E-state index contributed by atoms with van der Waals surface area (Å²) in [4.78, 5) is 16.4. The van der Waals surface area contributed by atoms with E-state index in [9.17, 15) is 4.79 Å². The molecule has 5 heteroatoms. The molecule has 1 saturated heterocycles. The van der Waals surface area contributed by atoms with E-state index in [4.69, 9.17) is 5.11 Å². The number of aliphatic hydroxyl groups is 1. The summed E-state index contributed by atoms with van der Waals surface area (Å²) in [5.41, 5.74) is 1.30. The summed E-state index contributed by atoms with van der Waals surface area (Å²) in [5.74, 6) is 0.0939. The zero-order valence-corrected chi connectivity index (χ0v) is 13.2. The van der Waals surface area contributed by atoms with E-state index >= 15 is 0 Å². The van der Waals surface area contributed by atoms with Crippen LogP contribution in [-0.2, 0) is 4.79 Å². The van der Waals surface area contributed by atoms with Crippen molar-refractivity contribution in [2.24, 2.45) is 0 Å². The molecular formula is C17H27N3O2. The molecular weight excluding hydrogens is 278 g/mol. The Kier molecular flexibility index (Phi) is 7.19. The maximum atomic E-state index is 11.6. The number of carbonyl (C=O) groups excluding carboxylic acids is 1. The molecule has 0 bridgehead atoms. The number of amides is 1. The van der Waals surface area contributed by atoms with Crippen molar-refractivity contribution in [3.8, 4) is 0 Å². The van der Waals surface area contributed by atoms with E-state index in [1.165, 1.54) is 5.69 Å². The molecule has 1 aromatic carbocycles. The van der Waals surface area contributed by atoms with Crippen LogP contribution in [0.3, 0.4) is 0 Å². The highest BCUT2D eigenvalue weighted by Gasteiger charge is 2.16. The third-order valence-electron chi connectivity index (χ3n) is 4.03. The summed E-state index contributed by atoms with van der Waals surface area (Å²) in [7, 11) is 0. The monoisotopic (exact) mass is 305 g/mol. The number of rotatable bonds is 8. The van der Waals surface area contributed by atoms with E-state index in [1.54, 1.807) is 0 Å². The van der Waals surface area contributed by atoms with E-state index in [0.717, 1.165) is 39.1 Å². The van der Waals surface area contributed by atoms with Gasteiger partial charge in [0.25, 0.3) is 0 Å². The molecule has 22 heavy (non-hydrogen) atoms. The first-order valence-electron chi connectivity index (χ1n) is 8.19. The molecule has 1 aromatic rings. The molecule has 1 aliphatic heterocycles. The second-order valence-corrected chi connectivity index (χ2v) is 5.69. The third kappa shape index (κ3) is 5.66. The number of nitrogens with one attached hydrogen (secondary N) is 1. The van der Waals surface area contributed by atoms with E-state index in [-0.39, 0.29) is 12.5 Å². The third-order valence-corrected chi connectivity index (χ3v) is 4.03. The van der Waals surface area contributed by atoms with E-state index < -0.39 is 0 Å². The summed E-state index contributed by atoms with van der Waals surface area (Å²) in [6.07, 6.45) is 2.10. The van der Waals surface area contributed by atoms with Gasteiger partial charge in [0.1, 0.15) is 0 Å². The Morgan fingerprint density at radius 3 is 2.50 bits per heavy atom. The number of aliphatic hydroxyl groups excluding tert-OH is 1. The Hall–Kier alpha value is -1.59. The number of hydrogen-bond acceptors (Lipinski definition) is 4. The second-order valence-electron chi connectivity index (χ2n) is 5.69. The van der Waals surface area contributed by atoms with Gasteiger partial charge in [0.2, 0.25) is 5.91 Å². The molecule has 0 atom stereocenters. The van der Waals surface area contributed by atoms with Crippen molar-refractivity contribution in [1.82, 2.24) is 10.2 Å². The van der Waals surface area contributed by atoms with Crippen LogP contribution in [0.1, 0.15) is 19.3 Å². The van der Waals surface area contributed by atoms with Crippen molar-refractivity contribution >= 4 is 11.6 Å². The highest BCUT2D eigenvalue weighted by Crippen LogP contribution is 2.15. The second kappa shape index (κ2) is 9.43. The van der Waals surface area contributed by atoms with Crippen molar-refractivity contribution in [1.29, 1.82) is 0 Å². The first kappa shape index (κ1) is 16.8. The van der Waals surface area contributed by atoms with Crippen LogP contribution in [0.15, 0.2) is 30.3 Å². The van der Waals surface area contributed by atoms with E-state index in [2.05, 4.69) is 39.4 Å². The molecule has 5 nitrogen and oxygen atoms in total. The SMILES string of the molecule is O=C(CCCN1CCN(c2ccccc2)CC1)NCCCO. The average Bonchev–Trinajstić information content (AvgIpc) is 2.57. The quantitative estimate of drug-likeness (QED) is 0.706. The number of nitrogens with zero attached hydrogens (tertiary/aromatic N) is 2. The number of piperazine rings is 1. The Morgan fingerprint density at radius 1 is 1.09 bits per heavy atom. The highest BCUT2D eigenvalue weighted by molar-refractivity contribution is 5.75. The number of para-hydroxylation sites is 1. The molecule has 2 N–H and O–H groups in total. The topological polar surface area (TPSA) is 55.8 Å². The maximum absolute atomic E-state index is 11.6. The Labute approximate surface area is 132 Å². The fourth-order valence-corrected chi connectivity index (χ4v) is 2.73. The summed E-state index contributed by atoms with van der Waals surface area (Å²) in [6, 6.07) is 10.5. The molecule has 0 spiro atoms. The number of hydrogen-bond donors (Lipinski definition) is 2. The van der Waals surface area contributed by atoms with Gasteiger partial charge in [-0.05, 0) is 31.5 Å². The summed E-state index contributed by atoms with van der Waals surface area (Å²) in [6.45, 7) is 5.90. The zero-order valence-electron chi connectivity index (χ0n) is 13.2. The number of carbonyl (C=O) groups is 1. The fourth-order valence-electron chi connectivity index (χ4n) is 2.73. The van der Waals surface area contributed by atoms with Gasteiger partial charge in [0, 0.05) is 51.4 Å². The van der Waals surface area contributed by atoms with Crippen LogP contribution in [0.4, 0.5) is 5.69 Å². The first-order valence-corrected chi connectivity index (χ1v) is 8.19. The van der Waals surface area contributed by atoms with Crippen LogP contribution in [0, 0.1) is 0 Å². The molecule has 1 aliphatic rings. The Balaban J connectivity index is 1.59. The highest BCUT2D eigenvalue weighted by atomic mass is 16.3. The minimum Gasteiger partial charge on any atom is -0.396 e. The number of anilines is 1. The summed E-state index contributed by atoms with van der Waals surface area (Å²) in [5, 5.41) is 11.5. The largest absolute Gasteiger partial charge is 0.396 e. The minimum atomic E-state index is 0.0939. The van der Waals surface area contributed by atoms with Gasteiger partial charge in [0.15, 0.2) is 0 Å². The van der Waals surface area contributed by atoms with Crippen molar-refractivity contribution in [2.75, 3.05) is 50.8 Å². The van der Waals surface area contributed by atoms with Crippen LogP contribution >= 0.6 is 0 Å². The standard InChI is InChI=1S/C17H27N3O2/c21-15-5-9-18-17(22)8-4-10-19-11-13-20(14-12-19)16-6-2-1-3-7-16/h1-3,6-7,21H,4-5,8-15H2,(H,18,22). The molecule has 1 fully saturated rings. The minimum absolute atomic E-state index is 0.0939. The molecule has 0 aliphatic carbocycles. The van der Waals surface area contributed by atoms with Crippen LogP contribution in [0.2, 0.25) is 0 Å². The molecule has 1 amide bonds. The molecule has 0 unspecified atom stereocenters. The summed E-state index contributed by atoms with van der Waals surface area (Å²) < 4.78 is 0. The van der Waals surface area contributed by atoms with Crippen LogP contribution in [0.5, 0.6) is 0 Å². The molecule has 2 rings (SSSR count). The molecule has 1 heterocycles. The van der Waals surface area contributed by atoms with Gasteiger partial charge in [-0.2, -0.15) is 0 Å². The fraction of sp³-hybridized carbons (Fsp3) is 0.588. The van der Waals surface area contributed by atoms with E-state index in [1.807, 2.05) is 6.07 Å². The van der Waals surface area contributed by atoms with Crippen molar-refractivity contribution in [3.63, 3.8) is 0 Å². The van der Waals surface area contributed by atoms with Crippen molar-refractivity contribution in [3.05, 3.63) is 30.3 Å². The van der Waals surface area contributed by atoms with Gasteiger partial charge < -0.3 is 15.3 Å². The van der Waals surface area contributed by atoms with Gasteiger partial charge >= 0.3 is 0 Å². The number of benzene rings is 1. The van der Waals surface area contributed by atoms with Gasteiger partial charge in [0.05, 0.1) is 0 Å². The van der Waals surface area contributed by atoms with Crippen LogP contribution in [-0.4, -0.2) is 61.8 Å². The van der Waals surface area contributed by atoms with Crippen molar-refractivity contribution < 1.29 is 9.90 Å². The smallest absolute Gasteiger partial charge is 0.220 e. The first-order chi connectivity index (χ1) is 10.8. The lowest BCUT2D eigenvalue weighted by molar-refractivity contribution is -0.121. The van der Waals surface area contributed by atoms with Crippen LogP contribution in [0.25, 0.3) is 0 Å². The molecule has 0 saturated carbocycles. The van der Waals surface area contributed by atoms with Crippen LogP contribution < -0.4 is 10.2 Å². The van der Waals surface area contributed by atoms with Gasteiger partial charge in [-0.25, -0.2) is 0 Å². The van der Waals surface area contributed by atoms with Crippen molar-refractivity contribution in [2.45, 2.75) is 19.3 Å². The normalized spacial score (nSPS) is 15.8. The lowest BCUT2D eigenvalue weighted by Crippen LogP contribution is -2.46. The molecule has 122 valence electrons. The lowest BCUT2D eigenvalue weighted by atomic mass is 10.2. The maximum Gasteiger partial charge on any atom is 0.220 e.